The Morgan fingerprint density at radius 3 is 2.54 bits per heavy atom. The highest BCUT2D eigenvalue weighted by Gasteiger charge is 2.34. The lowest BCUT2D eigenvalue weighted by Gasteiger charge is -2.26. The third-order valence-corrected chi connectivity index (χ3v) is 6.83. The van der Waals surface area contributed by atoms with Crippen LogP contribution in [0.1, 0.15) is 37.9 Å². The maximum Gasteiger partial charge on any atom is 0.338 e. The Bertz CT molecular complexity index is 1500. The summed E-state index contributed by atoms with van der Waals surface area (Å²) in [6.07, 6.45) is 1.40. The van der Waals surface area contributed by atoms with Gasteiger partial charge in [-0.25, -0.2) is 9.79 Å². The molecule has 7 nitrogen and oxygen atoms in total. The fourth-order valence-electron chi connectivity index (χ4n) is 4.02. The molecule has 0 radical (unpaired) electrons. The summed E-state index contributed by atoms with van der Waals surface area (Å²) in [5, 5.41) is 0.436. The Morgan fingerprint density at radius 1 is 1.14 bits per heavy atom. The average Bonchev–Trinajstić information content (AvgIpc) is 3.12. The Morgan fingerprint density at radius 2 is 1.89 bits per heavy atom. The summed E-state index contributed by atoms with van der Waals surface area (Å²) in [5.74, 6) is 0.535. The van der Waals surface area contributed by atoms with E-state index >= 15 is 0 Å². The number of carbonyl (C=O) groups is 1. The number of benzene rings is 2. The summed E-state index contributed by atoms with van der Waals surface area (Å²) in [5.41, 5.74) is 1.76. The van der Waals surface area contributed by atoms with Crippen molar-refractivity contribution in [3.8, 4) is 11.5 Å². The lowest BCUT2D eigenvalue weighted by Crippen LogP contribution is -2.40. The number of rotatable bonds is 6. The summed E-state index contributed by atoms with van der Waals surface area (Å²) in [4.78, 5) is 32.0. The molecule has 0 saturated carbocycles. The topological polar surface area (TPSA) is 79.1 Å². The van der Waals surface area contributed by atoms with E-state index in [1.54, 1.807) is 65.3 Å². The maximum atomic E-state index is 13.8. The minimum Gasteiger partial charge on any atom is -0.493 e. The van der Waals surface area contributed by atoms with E-state index in [4.69, 9.17) is 25.8 Å². The number of hydrogen-bond acceptors (Lipinski definition) is 7. The first kappa shape index (κ1) is 24.8. The van der Waals surface area contributed by atoms with Gasteiger partial charge in [-0.1, -0.05) is 53.3 Å². The minimum atomic E-state index is -0.777. The molecule has 4 rings (SSSR count). The second kappa shape index (κ2) is 10.1. The molecule has 9 heteroatoms. The van der Waals surface area contributed by atoms with Gasteiger partial charge in [0.15, 0.2) is 16.3 Å². The molecule has 1 unspecified atom stereocenters. The number of hydrogen-bond donors (Lipinski definition) is 0. The smallest absolute Gasteiger partial charge is 0.338 e. The number of thiazole rings is 1. The van der Waals surface area contributed by atoms with Crippen molar-refractivity contribution in [1.29, 1.82) is 0 Å². The third-order valence-electron chi connectivity index (χ3n) is 5.50. The van der Waals surface area contributed by atoms with Crippen molar-refractivity contribution in [3.63, 3.8) is 0 Å². The number of methoxy groups -OCH3 is 2. The molecule has 35 heavy (non-hydrogen) atoms. The molecule has 1 aliphatic rings. The Balaban J connectivity index is 1.98. The third kappa shape index (κ3) is 4.63. The lowest BCUT2D eigenvalue weighted by atomic mass is 9.96. The molecule has 2 aromatic carbocycles. The zero-order valence-electron chi connectivity index (χ0n) is 20.0. The van der Waals surface area contributed by atoms with E-state index in [0.717, 1.165) is 0 Å². The maximum absolute atomic E-state index is 13.8. The highest BCUT2D eigenvalue weighted by molar-refractivity contribution is 7.07. The second-order valence-corrected chi connectivity index (χ2v) is 9.56. The highest BCUT2D eigenvalue weighted by atomic mass is 35.5. The van der Waals surface area contributed by atoms with Gasteiger partial charge in [0, 0.05) is 10.6 Å². The monoisotopic (exact) mass is 512 g/mol. The van der Waals surface area contributed by atoms with Crippen molar-refractivity contribution < 1.29 is 19.0 Å². The molecule has 1 aliphatic heterocycles. The number of aromatic nitrogens is 1. The fraction of sp³-hybridized carbons (Fsp3) is 0.269. The van der Waals surface area contributed by atoms with Crippen molar-refractivity contribution in [2.24, 2.45) is 4.99 Å². The van der Waals surface area contributed by atoms with Crippen LogP contribution < -0.4 is 24.4 Å². The van der Waals surface area contributed by atoms with Crippen LogP contribution in [0.4, 0.5) is 0 Å². The zero-order valence-corrected chi connectivity index (χ0v) is 21.6. The molecule has 182 valence electrons. The van der Waals surface area contributed by atoms with Crippen LogP contribution in [0.2, 0.25) is 5.02 Å². The molecule has 0 N–H and O–H groups in total. The largest absolute Gasteiger partial charge is 0.493 e. The number of halogens is 1. The summed E-state index contributed by atoms with van der Waals surface area (Å²) < 4.78 is 18.4. The van der Waals surface area contributed by atoms with Gasteiger partial charge < -0.3 is 14.2 Å². The van der Waals surface area contributed by atoms with Crippen LogP contribution in [0.5, 0.6) is 11.5 Å². The van der Waals surface area contributed by atoms with Crippen molar-refractivity contribution in [1.82, 2.24) is 4.57 Å². The first-order valence-corrected chi connectivity index (χ1v) is 12.1. The number of ether oxygens (including phenoxy) is 3. The first-order chi connectivity index (χ1) is 16.8. The first-order valence-electron chi connectivity index (χ1n) is 11.0. The van der Waals surface area contributed by atoms with E-state index in [9.17, 15) is 9.59 Å². The van der Waals surface area contributed by atoms with E-state index in [1.165, 1.54) is 15.9 Å². The molecule has 0 amide bonds. The Kier molecular flexibility index (Phi) is 7.14. The minimum absolute atomic E-state index is 0.282. The summed E-state index contributed by atoms with van der Waals surface area (Å²) in [6, 6.07) is 11.8. The fourth-order valence-corrected chi connectivity index (χ4v) is 5.29. The van der Waals surface area contributed by atoms with E-state index in [-0.39, 0.29) is 17.2 Å². The predicted octanol–water partition coefficient (Wildman–Crippen LogP) is 3.86. The van der Waals surface area contributed by atoms with Crippen LogP contribution in [0.3, 0.4) is 0 Å². The van der Waals surface area contributed by atoms with Crippen molar-refractivity contribution in [3.05, 3.63) is 89.6 Å². The SMILES string of the molecule is COc1cccc(C=c2sc3n(c2=O)C(c2ccccc2Cl)C(C(=O)OC(C)C)=C(C)N=3)c1OC. The average molecular weight is 513 g/mol. The van der Waals surface area contributed by atoms with Gasteiger partial charge in [-0.3, -0.25) is 9.36 Å². The molecular formula is C26H25ClN2O5S. The Labute approximate surface area is 211 Å². The molecule has 3 aromatic rings. The molecule has 1 aromatic heterocycles. The molecule has 1 atom stereocenters. The van der Waals surface area contributed by atoms with Crippen LogP contribution in [0.25, 0.3) is 6.08 Å². The summed E-state index contributed by atoms with van der Waals surface area (Å²) >= 11 is 7.78. The van der Waals surface area contributed by atoms with Gasteiger partial charge in [-0.05, 0) is 44.5 Å². The normalized spacial score (nSPS) is 15.6. The number of allylic oxidation sites excluding steroid dienone is 1. The number of para-hydroxylation sites is 1. The van der Waals surface area contributed by atoms with Gasteiger partial charge in [0.2, 0.25) is 0 Å². The van der Waals surface area contributed by atoms with Crippen LogP contribution in [0, 0.1) is 0 Å². The predicted molar refractivity (Wildman–Crippen MR) is 136 cm³/mol. The van der Waals surface area contributed by atoms with Gasteiger partial charge in [-0.15, -0.1) is 0 Å². The number of nitrogens with zero attached hydrogens (tertiary/aromatic N) is 2. The molecule has 0 spiro atoms. The summed E-state index contributed by atoms with van der Waals surface area (Å²) in [7, 11) is 3.10. The van der Waals surface area contributed by atoms with E-state index < -0.39 is 12.0 Å². The van der Waals surface area contributed by atoms with Gasteiger partial charge in [0.05, 0.1) is 36.1 Å². The van der Waals surface area contributed by atoms with E-state index in [0.29, 0.717) is 42.7 Å². The standard InChI is InChI=1S/C26H25ClN2O5S/c1-14(2)34-25(31)21-15(3)28-26-29(22(21)17-10-6-7-11-18(17)27)24(30)20(35-26)13-16-9-8-12-19(32-4)23(16)33-5/h6-14,22H,1-5H3. The quantitative estimate of drug-likeness (QED) is 0.469. The molecule has 0 bridgehead atoms. The van der Waals surface area contributed by atoms with Crippen LogP contribution >= 0.6 is 22.9 Å². The number of carbonyl (C=O) groups excluding carboxylic acids is 1. The molecule has 2 heterocycles. The number of esters is 1. The van der Waals surface area contributed by atoms with Crippen molar-refractivity contribution in [2.45, 2.75) is 32.9 Å². The summed E-state index contributed by atoms with van der Waals surface area (Å²) in [6.45, 7) is 5.28. The molecule has 0 saturated heterocycles. The van der Waals surface area contributed by atoms with E-state index in [2.05, 4.69) is 4.99 Å². The van der Waals surface area contributed by atoms with E-state index in [1.807, 2.05) is 18.2 Å². The van der Waals surface area contributed by atoms with Crippen LogP contribution in [0.15, 0.2) is 63.5 Å². The van der Waals surface area contributed by atoms with Gasteiger partial charge in [-0.2, -0.15) is 0 Å². The highest BCUT2D eigenvalue weighted by Crippen LogP contribution is 2.35. The lowest BCUT2D eigenvalue weighted by molar-refractivity contribution is -0.143. The van der Waals surface area contributed by atoms with Crippen LogP contribution in [-0.2, 0) is 9.53 Å². The van der Waals surface area contributed by atoms with Gasteiger partial charge >= 0.3 is 5.97 Å². The molecule has 0 aliphatic carbocycles. The molecular weight excluding hydrogens is 488 g/mol. The molecule has 0 fully saturated rings. The van der Waals surface area contributed by atoms with Gasteiger partial charge in [0.1, 0.15) is 6.04 Å². The van der Waals surface area contributed by atoms with Crippen molar-refractivity contribution in [2.75, 3.05) is 14.2 Å². The van der Waals surface area contributed by atoms with Crippen molar-refractivity contribution >= 4 is 35.0 Å². The zero-order chi connectivity index (χ0) is 25.3. The second-order valence-electron chi connectivity index (χ2n) is 8.14. The number of fused-ring (bicyclic) bond motifs is 1. The van der Waals surface area contributed by atoms with Gasteiger partial charge in [0.25, 0.3) is 5.56 Å². The Hall–Kier alpha value is -3.36. The van der Waals surface area contributed by atoms with Crippen LogP contribution in [-0.4, -0.2) is 30.9 Å².